The number of anilines is 1. The van der Waals surface area contributed by atoms with Crippen molar-refractivity contribution in [1.29, 1.82) is 5.26 Å². The van der Waals surface area contributed by atoms with Gasteiger partial charge in [-0.15, -0.1) is 0 Å². The lowest BCUT2D eigenvalue weighted by atomic mass is 10.1. The van der Waals surface area contributed by atoms with Crippen molar-refractivity contribution < 1.29 is 4.79 Å². The van der Waals surface area contributed by atoms with Crippen LogP contribution in [-0.2, 0) is 0 Å². The average Bonchev–Trinajstić information content (AvgIpc) is 2.18. The monoisotopic (exact) mass is 251 g/mol. The third kappa shape index (κ3) is 4.33. The number of nitrogens with zero attached hydrogens (tertiary/aromatic N) is 1. The Balaban J connectivity index is 2.76. The van der Waals surface area contributed by atoms with Gasteiger partial charge in [-0.2, -0.15) is 5.26 Å². The van der Waals surface area contributed by atoms with Crippen molar-refractivity contribution in [1.82, 2.24) is 5.32 Å². The van der Waals surface area contributed by atoms with E-state index in [1.807, 2.05) is 26.8 Å². The van der Waals surface area contributed by atoms with Crippen LogP contribution in [0.4, 0.5) is 10.5 Å². The maximum Gasteiger partial charge on any atom is 0.319 e. The van der Waals surface area contributed by atoms with Crippen LogP contribution < -0.4 is 10.6 Å². The number of rotatable bonds is 1. The highest BCUT2D eigenvalue weighted by Gasteiger charge is 2.14. The molecule has 0 heterocycles. The van der Waals surface area contributed by atoms with E-state index in [2.05, 4.69) is 10.6 Å². The highest BCUT2D eigenvalue weighted by molar-refractivity contribution is 6.33. The summed E-state index contributed by atoms with van der Waals surface area (Å²) in [7, 11) is 0. The fraction of sp³-hybridized carbons (Fsp3) is 0.333. The maximum atomic E-state index is 11.6. The zero-order valence-electron chi connectivity index (χ0n) is 9.97. The molecule has 0 radical (unpaired) electrons. The van der Waals surface area contributed by atoms with Crippen LogP contribution in [-0.4, -0.2) is 11.6 Å². The molecule has 0 aliphatic heterocycles. The summed E-state index contributed by atoms with van der Waals surface area (Å²) in [6.45, 7) is 5.65. The molecule has 1 aromatic rings. The lowest BCUT2D eigenvalue weighted by Gasteiger charge is -2.21. The number of nitriles is 1. The molecule has 90 valence electrons. The second-order valence-electron chi connectivity index (χ2n) is 4.64. The first-order valence-electron chi connectivity index (χ1n) is 5.10. The molecule has 1 aromatic carbocycles. The van der Waals surface area contributed by atoms with E-state index >= 15 is 0 Å². The van der Waals surface area contributed by atoms with Gasteiger partial charge in [0.05, 0.1) is 22.3 Å². The molecule has 17 heavy (non-hydrogen) atoms. The molecule has 0 spiro atoms. The number of carbonyl (C=O) groups is 1. The van der Waals surface area contributed by atoms with E-state index in [0.717, 1.165) is 0 Å². The lowest BCUT2D eigenvalue weighted by Crippen LogP contribution is -2.43. The second-order valence-corrected chi connectivity index (χ2v) is 5.04. The predicted molar refractivity (Wildman–Crippen MR) is 68.1 cm³/mol. The number of hydrogen-bond acceptors (Lipinski definition) is 2. The minimum absolute atomic E-state index is 0.316. The normalized spacial score (nSPS) is 10.5. The molecule has 0 saturated carbocycles. The topological polar surface area (TPSA) is 64.9 Å². The summed E-state index contributed by atoms with van der Waals surface area (Å²) in [6, 6.07) is 6.35. The third-order valence-electron chi connectivity index (χ3n) is 1.83. The molecule has 0 aliphatic rings. The molecule has 0 atom stereocenters. The van der Waals surface area contributed by atoms with Crippen LogP contribution in [0.5, 0.6) is 0 Å². The van der Waals surface area contributed by atoms with Gasteiger partial charge in [0.2, 0.25) is 0 Å². The molecule has 0 fully saturated rings. The van der Waals surface area contributed by atoms with Gasteiger partial charge in [0.1, 0.15) is 0 Å². The van der Waals surface area contributed by atoms with Gasteiger partial charge >= 0.3 is 6.03 Å². The minimum atomic E-state index is -0.330. The second kappa shape index (κ2) is 5.07. The summed E-state index contributed by atoms with van der Waals surface area (Å²) in [6.07, 6.45) is 0. The van der Waals surface area contributed by atoms with Crippen LogP contribution in [0.25, 0.3) is 0 Å². The molecular weight excluding hydrogens is 238 g/mol. The first kappa shape index (κ1) is 13.3. The van der Waals surface area contributed by atoms with E-state index in [1.54, 1.807) is 12.1 Å². The molecule has 0 aliphatic carbocycles. The standard InChI is InChI=1S/C12H14ClN3O/c1-12(2,3)16-11(17)15-10-5-4-8(7-14)6-9(10)13/h4-6H,1-3H3,(H2,15,16,17). The number of carbonyl (C=O) groups excluding carboxylic acids is 1. The summed E-state index contributed by atoms with van der Waals surface area (Å²) in [5.74, 6) is 0. The molecule has 1 rings (SSSR count). The van der Waals surface area contributed by atoms with E-state index < -0.39 is 0 Å². The number of nitrogens with one attached hydrogen (secondary N) is 2. The number of amides is 2. The largest absolute Gasteiger partial charge is 0.333 e. The first-order valence-corrected chi connectivity index (χ1v) is 5.48. The summed E-state index contributed by atoms with van der Waals surface area (Å²) < 4.78 is 0. The van der Waals surface area contributed by atoms with Gasteiger partial charge in [0, 0.05) is 5.54 Å². The Morgan fingerprint density at radius 3 is 2.53 bits per heavy atom. The molecular formula is C12H14ClN3O. The van der Waals surface area contributed by atoms with Crippen molar-refractivity contribution in [3.05, 3.63) is 28.8 Å². The zero-order chi connectivity index (χ0) is 13.1. The summed E-state index contributed by atoms with van der Waals surface area (Å²) in [4.78, 5) is 11.6. The van der Waals surface area contributed by atoms with Crippen molar-refractivity contribution in [2.24, 2.45) is 0 Å². The first-order chi connectivity index (χ1) is 7.81. The predicted octanol–water partition coefficient (Wildman–Crippen LogP) is 3.13. The van der Waals surface area contributed by atoms with Crippen LogP contribution in [0.15, 0.2) is 18.2 Å². The van der Waals surface area contributed by atoms with Crippen molar-refractivity contribution >= 4 is 23.3 Å². The summed E-state index contributed by atoms with van der Waals surface area (Å²) >= 11 is 5.93. The fourth-order valence-electron chi connectivity index (χ4n) is 1.18. The highest BCUT2D eigenvalue weighted by Crippen LogP contribution is 2.22. The van der Waals surface area contributed by atoms with E-state index in [9.17, 15) is 4.79 Å². The number of benzene rings is 1. The molecule has 0 bridgehead atoms. The van der Waals surface area contributed by atoms with Gasteiger partial charge in [-0.25, -0.2) is 4.79 Å². The van der Waals surface area contributed by atoms with Crippen molar-refractivity contribution in [2.75, 3.05) is 5.32 Å². The molecule has 4 nitrogen and oxygen atoms in total. The van der Waals surface area contributed by atoms with E-state index in [0.29, 0.717) is 16.3 Å². The van der Waals surface area contributed by atoms with E-state index in [4.69, 9.17) is 16.9 Å². The van der Waals surface area contributed by atoms with Gasteiger partial charge in [-0.3, -0.25) is 0 Å². The van der Waals surface area contributed by atoms with Gasteiger partial charge in [-0.05, 0) is 39.0 Å². The van der Waals surface area contributed by atoms with Gasteiger partial charge in [-0.1, -0.05) is 11.6 Å². The van der Waals surface area contributed by atoms with Gasteiger partial charge in [0.15, 0.2) is 0 Å². The van der Waals surface area contributed by atoms with Crippen molar-refractivity contribution in [3.8, 4) is 6.07 Å². The Labute approximate surface area is 106 Å². The molecule has 0 aromatic heterocycles. The van der Waals surface area contributed by atoms with Crippen molar-refractivity contribution in [3.63, 3.8) is 0 Å². The van der Waals surface area contributed by atoms with Crippen LogP contribution in [0.1, 0.15) is 26.3 Å². The molecule has 2 amide bonds. The smallest absolute Gasteiger partial charge is 0.319 e. The Bertz CT molecular complexity index is 472. The SMILES string of the molecule is CC(C)(C)NC(=O)Nc1ccc(C#N)cc1Cl. The minimum Gasteiger partial charge on any atom is -0.333 e. The van der Waals surface area contributed by atoms with E-state index in [1.165, 1.54) is 6.07 Å². The van der Waals surface area contributed by atoms with Crippen LogP contribution in [0.3, 0.4) is 0 Å². The summed E-state index contributed by atoms with van der Waals surface area (Å²) in [5.41, 5.74) is 0.618. The number of halogens is 1. The molecule has 0 saturated heterocycles. The Morgan fingerprint density at radius 2 is 2.06 bits per heavy atom. The van der Waals surface area contributed by atoms with Crippen LogP contribution >= 0.6 is 11.6 Å². The molecule has 2 N–H and O–H groups in total. The Morgan fingerprint density at radius 1 is 1.41 bits per heavy atom. The van der Waals surface area contributed by atoms with Crippen LogP contribution in [0, 0.1) is 11.3 Å². The number of urea groups is 1. The quantitative estimate of drug-likeness (QED) is 0.805. The van der Waals surface area contributed by atoms with E-state index in [-0.39, 0.29) is 11.6 Å². The molecule has 0 unspecified atom stereocenters. The zero-order valence-corrected chi connectivity index (χ0v) is 10.7. The van der Waals surface area contributed by atoms with Crippen LogP contribution in [0.2, 0.25) is 5.02 Å². The molecule has 5 heteroatoms. The lowest BCUT2D eigenvalue weighted by molar-refractivity contribution is 0.244. The highest BCUT2D eigenvalue weighted by atomic mass is 35.5. The fourth-order valence-corrected chi connectivity index (χ4v) is 1.41. The summed E-state index contributed by atoms with van der Waals surface area (Å²) in [5, 5.41) is 14.4. The van der Waals surface area contributed by atoms with Crippen molar-refractivity contribution in [2.45, 2.75) is 26.3 Å². The Kier molecular flexibility index (Phi) is 3.97. The van der Waals surface area contributed by atoms with Gasteiger partial charge in [0.25, 0.3) is 0 Å². The Hall–Kier alpha value is -1.73. The maximum absolute atomic E-state index is 11.6. The number of hydrogen-bond donors (Lipinski definition) is 2. The average molecular weight is 252 g/mol. The van der Waals surface area contributed by atoms with Gasteiger partial charge < -0.3 is 10.6 Å². The third-order valence-corrected chi connectivity index (χ3v) is 2.15.